The van der Waals surface area contributed by atoms with Gasteiger partial charge in [-0.15, -0.1) is 23.6 Å². The Morgan fingerprint density at radius 3 is 2.35 bits per heavy atom. The van der Waals surface area contributed by atoms with Crippen molar-refractivity contribution in [2.45, 2.75) is 60.3 Å². The third-order valence-electron chi connectivity index (χ3n) is 8.01. The molecule has 0 saturated carbocycles. The quantitative estimate of drug-likeness (QED) is 0.0588. The summed E-state index contributed by atoms with van der Waals surface area (Å²) in [6, 6.07) is 18.1. The first kappa shape index (κ1) is 29.6. The van der Waals surface area contributed by atoms with Crippen LogP contribution in [0.3, 0.4) is 0 Å². The Hall–Kier alpha value is -3.34. The summed E-state index contributed by atoms with van der Waals surface area (Å²) in [5.74, 6) is 1.48. The number of aliphatic hydroxyl groups excluding tert-OH is 1. The number of hydrogen-bond acceptors (Lipinski definition) is 5. The summed E-state index contributed by atoms with van der Waals surface area (Å²) in [6.45, 7) is 10.1. The Kier molecular flexibility index (Phi) is 9.22. The van der Waals surface area contributed by atoms with Crippen molar-refractivity contribution in [1.29, 1.82) is 0 Å². The first-order valence-corrected chi connectivity index (χ1v) is 14.0. The summed E-state index contributed by atoms with van der Waals surface area (Å²) < 4.78 is 6.03. The minimum atomic E-state index is 0. The molecule has 0 unspecified atom stereocenters. The fraction of sp³-hybridized carbons (Fsp3) is 0.324. The molecular formula is C34H35IrN2O3-. The van der Waals surface area contributed by atoms with Crippen LogP contribution in [0.2, 0.25) is 0 Å². The molecule has 0 atom stereocenters. The molecule has 6 aromatic rings. The minimum Gasteiger partial charge on any atom is -0.512 e. The molecule has 0 aliphatic heterocycles. The Labute approximate surface area is 248 Å². The molecule has 0 saturated heterocycles. The molecule has 1 radical (unpaired) electrons. The zero-order chi connectivity index (χ0) is 27.7. The maximum Gasteiger partial charge on any atom is 0.162 e. The summed E-state index contributed by atoms with van der Waals surface area (Å²) in [7, 11) is 0. The van der Waals surface area contributed by atoms with Gasteiger partial charge in [0.1, 0.15) is 17.7 Å². The number of benzene rings is 4. The van der Waals surface area contributed by atoms with Crippen LogP contribution in [0.5, 0.6) is 0 Å². The third-order valence-corrected chi connectivity index (χ3v) is 8.01. The van der Waals surface area contributed by atoms with Gasteiger partial charge in [-0.05, 0) is 50.1 Å². The van der Waals surface area contributed by atoms with E-state index in [9.17, 15) is 9.90 Å². The number of furan rings is 1. The second kappa shape index (κ2) is 12.4. The van der Waals surface area contributed by atoms with Gasteiger partial charge < -0.3 is 9.52 Å². The van der Waals surface area contributed by atoms with E-state index in [4.69, 9.17) is 4.42 Å². The van der Waals surface area contributed by atoms with Gasteiger partial charge in [-0.3, -0.25) is 9.78 Å². The molecule has 6 heteroatoms. The molecule has 2 heterocycles. The summed E-state index contributed by atoms with van der Waals surface area (Å²) in [5, 5.41) is 17.5. The van der Waals surface area contributed by atoms with Crippen LogP contribution in [-0.2, 0) is 24.9 Å². The number of ketones is 1. The molecule has 40 heavy (non-hydrogen) atoms. The maximum atomic E-state index is 11.7. The zero-order valence-electron chi connectivity index (χ0n) is 23.7. The van der Waals surface area contributed by atoms with Gasteiger partial charge in [0.2, 0.25) is 0 Å². The van der Waals surface area contributed by atoms with E-state index in [-0.39, 0.29) is 43.5 Å². The first-order valence-electron chi connectivity index (χ1n) is 14.0. The predicted octanol–water partition coefficient (Wildman–Crippen LogP) is 9.25. The summed E-state index contributed by atoms with van der Waals surface area (Å²) >= 11 is 0. The van der Waals surface area contributed by atoms with Gasteiger partial charge in [-0.25, -0.2) is 4.98 Å². The van der Waals surface area contributed by atoms with E-state index in [2.05, 4.69) is 40.3 Å². The maximum absolute atomic E-state index is 11.7. The molecule has 0 bridgehead atoms. The number of carbonyl (C=O) groups excluding carboxylic acids is 1. The summed E-state index contributed by atoms with van der Waals surface area (Å²) in [5.41, 5.74) is 2.78. The average molecular weight is 712 g/mol. The molecule has 6 rings (SSSR count). The SMILES string of the molecule is CCC(CC)C(=O)/C=C(\O)C(CC)CC.Cc1oc2ccc3ncnc4c5[c-]c6ccccc6cc5c1c2c34.[Ir]. The standard InChI is InChI=1S/C21H11N2O.C13H24O2.Ir/c1-11-18-14-8-12-4-2-3-5-13(12)9-15(14)21-19-16(22-10-23-21)6-7-17(24-11)20(18)19;1-5-10(6-2)12(14)9-13(15)11(7-3)8-4;/h2-8,10H,1H3;9-11,14H,5-8H2,1-4H3;/q-1;;/b;12-9-;. The van der Waals surface area contributed by atoms with Gasteiger partial charge >= 0.3 is 0 Å². The zero-order valence-corrected chi connectivity index (χ0v) is 26.1. The van der Waals surface area contributed by atoms with Crippen molar-refractivity contribution >= 4 is 60.1 Å². The number of rotatable bonds is 7. The van der Waals surface area contributed by atoms with Crippen LogP contribution in [-0.4, -0.2) is 20.9 Å². The number of carbonyl (C=O) groups is 1. The fourth-order valence-corrected chi connectivity index (χ4v) is 5.70. The number of aliphatic hydroxyl groups is 1. The summed E-state index contributed by atoms with van der Waals surface area (Å²) in [4.78, 5) is 20.8. The molecule has 0 aliphatic rings. The van der Waals surface area contributed by atoms with Crippen molar-refractivity contribution in [2.24, 2.45) is 11.8 Å². The third kappa shape index (κ3) is 5.23. The van der Waals surface area contributed by atoms with Crippen molar-refractivity contribution in [3.63, 3.8) is 0 Å². The van der Waals surface area contributed by atoms with Gasteiger partial charge in [-0.1, -0.05) is 62.1 Å². The topological polar surface area (TPSA) is 76.2 Å². The Balaban J connectivity index is 0.000000204. The first-order chi connectivity index (χ1) is 18.9. The fourth-order valence-electron chi connectivity index (χ4n) is 5.70. The van der Waals surface area contributed by atoms with Crippen molar-refractivity contribution < 1.29 is 34.4 Å². The van der Waals surface area contributed by atoms with Gasteiger partial charge in [0, 0.05) is 54.3 Å². The number of allylic oxidation sites excluding steroid dienone is 2. The molecule has 5 nitrogen and oxygen atoms in total. The Morgan fingerprint density at radius 1 is 0.950 bits per heavy atom. The van der Waals surface area contributed by atoms with Crippen LogP contribution in [0.4, 0.5) is 0 Å². The van der Waals surface area contributed by atoms with Crippen LogP contribution in [0, 0.1) is 24.8 Å². The number of fused-ring (bicyclic) bond motifs is 4. The molecule has 4 aromatic carbocycles. The van der Waals surface area contributed by atoms with E-state index in [0.29, 0.717) is 0 Å². The van der Waals surface area contributed by atoms with E-state index in [1.165, 1.54) is 11.5 Å². The van der Waals surface area contributed by atoms with Crippen molar-refractivity contribution in [3.8, 4) is 0 Å². The number of nitrogens with zero attached hydrogens (tertiary/aromatic N) is 2. The molecule has 2 aromatic heterocycles. The Morgan fingerprint density at radius 2 is 1.65 bits per heavy atom. The molecule has 0 aliphatic carbocycles. The van der Waals surface area contributed by atoms with Gasteiger partial charge in [0.25, 0.3) is 0 Å². The van der Waals surface area contributed by atoms with Crippen LogP contribution in [0.25, 0.3) is 54.3 Å². The smallest absolute Gasteiger partial charge is 0.162 e. The molecule has 0 spiro atoms. The van der Waals surface area contributed by atoms with Crippen LogP contribution < -0.4 is 0 Å². The minimum absolute atomic E-state index is 0. The van der Waals surface area contributed by atoms with E-state index in [1.807, 2.05) is 52.8 Å². The van der Waals surface area contributed by atoms with Crippen LogP contribution >= 0.6 is 0 Å². The van der Waals surface area contributed by atoms with Crippen LogP contribution in [0.15, 0.2) is 65.0 Å². The summed E-state index contributed by atoms with van der Waals surface area (Å²) in [6.07, 6.45) is 6.54. The van der Waals surface area contributed by atoms with Crippen molar-refractivity contribution in [2.75, 3.05) is 0 Å². The van der Waals surface area contributed by atoms with Crippen LogP contribution in [0.1, 0.15) is 59.1 Å². The largest absolute Gasteiger partial charge is 0.512 e. The second-order valence-electron chi connectivity index (χ2n) is 10.2. The van der Waals surface area contributed by atoms with Crippen molar-refractivity contribution in [1.82, 2.24) is 9.97 Å². The van der Waals surface area contributed by atoms with E-state index in [1.54, 1.807) is 6.33 Å². The van der Waals surface area contributed by atoms with E-state index in [0.717, 1.165) is 80.4 Å². The van der Waals surface area contributed by atoms with E-state index >= 15 is 0 Å². The average Bonchev–Trinajstić information content (AvgIpc) is 3.30. The number of aryl methyl sites for hydroxylation is 1. The van der Waals surface area contributed by atoms with Gasteiger partial charge in [0.15, 0.2) is 5.78 Å². The second-order valence-corrected chi connectivity index (χ2v) is 10.2. The monoisotopic (exact) mass is 712 g/mol. The van der Waals surface area contributed by atoms with Crippen molar-refractivity contribution in [3.05, 3.63) is 72.5 Å². The van der Waals surface area contributed by atoms with E-state index < -0.39 is 0 Å². The normalized spacial score (nSPS) is 12.1. The molecule has 0 fully saturated rings. The number of hydrogen-bond donors (Lipinski definition) is 1. The molecule has 0 amide bonds. The molecule has 1 N–H and O–H groups in total. The van der Waals surface area contributed by atoms with Gasteiger partial charge in [-0.2, -0.15) is 0 Å². The predicted molar refractivity (Wildman–Crippen MR) is 160 cm³/mol. The molecular weight excluding hydrogens is 677 g/mol. The Bertz CT molecular complexity index is 1810. The molecule has 209 valence electrons. The number of aromatic nitrogens is 2. The van der Waals surface area contributed by atoms with Gasteiger partial charge in [0.05, 0.1) is 11.3 Å².